The second-order valence-electron chi connectivity index (χ2n) is 3.68. The molecule has 3 rings (SSSR count). The molecular formula is C12H12N4. The van der Waals surface area contributed by atoms with E-state index >= 15 is 0 Å². The number of para-hydroxylation sites is 2. The number of nitrogens with one attached hydrogen (secondary N) is 1. The maximum atomic E-state index is 4.15. The van der Waals surface area contributed by atoms with E-state index < -0.39 is 0 Å². The van der Waals surface area contributed by atoms with Crippen molar-refractivity contribution in [3.8, 4) is 0 Å². The molecule has 0 bridgehead atoms. The van der Waals surface area contributed by atoms with E-state index in [2.05, 4.69) is 32.5 Å². The topological polar surface area (TPSA) is 41.1 Å². The molecule has 0 atom stereocenters. The third-order valence-electron chi connectivity index (χ3n) is 2.68. The number of anilines is 3. The van der Waals surface area contributed by atoms with Crippen LogP contribution in [0.4, 0.5) is 17.2 Å². The summed E-state index contributed by atoms with van der Waals surface area (Å²) in [4.78, 5) is 2.18. The molecule has 1 N–H and O–H groups in total. The van der Waals surface area contributed by atoms with Gasteiger partial charge in [-0.25, -0.2) is 0 Å². The summed E-state index contributed by atoms with van der Waals surface area (Å²) in [5.41, 5.74) is 2.31. The van der Waals surface area contributed by atoms with Crippen molar-refractivity contribution in [1.29, 1.82) is 0 Å². The van der Waals surface area contributed by atoms with E-state index in [1.807, 2.05) is 24.3 Å². The van der Waals surface area contributed by atoms with Gasteiger partial charge in [-0.05, 0) is 24.3 Å². The van der Waals surface area contributed by atoms with Crippen LogP contribution in [-0.4, -0.2) is 23.3 Å². The monoisotopic (exact) mass is 212 g/mol. The van der Waals surface area contributed by atoms with Gasteiger partial charge in [0.2, 0.25) is 0 Å². The molecule has 1 aromatic carbocycles. The first-order chi connectivity index (χ1) is 7.95. The van der Waals surface area contributed by atoms with Crippen molar-refractivity contribution >= 4 is 17.2 Å². The lowest BCUT2D eigenvalue weighted by Gasteiger charge is -2.30. The maximum Gasteiger partial charge on any atom is 0.155 e. The summed E-state index contributed by atoms with van der Waals surface area (Å²) < 4.78 is 0. The molecule has 4 nitrogen and oxygen atoms in total. The van der Waals surface area contributed by atoms with Crippen molar-refractivity contribution in [3.63, 3.8) is 0 Å². The molecule has 1 aromatic heterocycles. The van der Waals surface area contributed by atoms with Crippen LogP contribution in [0.25, 0.3) is 0 Å². The Kier molecular flexibility index (Phi) is 2.18. The molecule has 0 saturated carbocycles. The highest BCUT2D eigenvalue weighted by atomic mass is 15.3. The summed E-state index contributed by atoms with van der Waals surface area (Å²) in [6, 6.07) is 12.1. The summed E-state index contributed by atoms with van der Waals surface area (Å²) in [7, 11) is 0. The van der Waals surface area contributed by atoms with Gasteiger partial charge < -0.3 is 10.2 Å². The van der Waals surface area contributed by atoms with E-state index in [1.54, 1.807) is 6.20 Å². The molecule has 2 heterocycles. The SMILES string of the molecule is c1cnnc(N2CCNc3ccccc32)c1. The van der Waals surface area contributed by atoms with Crippen LogP contribution in [0.2, 0.25) is 0 Å². The number of aromatic nitrogens is 2. The summed E-state index contributed by atoms with van der Waals surface area (Å²) in [6.07, 6.45) is 1.69. The quantitative estimate of drug-likeness (QED) is 0.785. The Labute approximate surface area is 93.9 Å². The molecule has 2 aromatic rings. The highest BCUT2D eigenvalue weighted by Crippen LogP contribution is 2.32. The molecule has 16 heavy (non-hydrogen) atoms. The van der Waals surface area contributed by atoms with Crippen LogP contribution < -0.4 is 10.2 Å². The maximum absolute atomic E-state index is 4.15. The van der Waals surface area contributed by atoms with Gasteiger partial charge in [0.1, 0.15) is 0 Å². The van der Waals surface area contributed by atoms with E-state index in [1.165, 1.54) is 0 Å². The minimum atomic E-state index is 0.899. The van der Waals surface area contributed by atoms with Crippen molar-refractivity contribution < 1.29 is 0 Å². The molecule has 0 saturated heterocycles. The average Bonchev–Trinajstić information content (AvgIpc) is 2.39. The van der Waals surface area contributed by atoms with Gasteiger partial charge in [-0.1, -0.05) is 12.1 Å². The molecule has 80 valence electrons. The van der Waals surface area contributed by atoms with Gasteiger partial charge in [-0.2, -0.15) is 5.10 Å². The summed E-state index contributed by atoms with van der Waals surface area (Å²) >= 11 is 0. The zero-order valence-corrected chi connectivity index (χ0v) is 8.80. The van der Waals surface area contributed by atoms with Crippen LogP contribution in [-0.2, 0) is 0 Å². The van der Waals surface area contributed by atoms with Gasteiger partial charge in [0.05, 0.1) is 11.4 Å². The van der Waals surface area contributed by atoms with E-state index in [4.69, 9.17) is 0 Å². The number of rotatable bonds is 1. The Hall–Kier alpha value is -2.10. The predicted octanol–water partition coefficient (Wildman–Crippen LogP) is 2.04. The summed E-state index contributed by atoms with van der Waals surface area (Å²) in [6.45, 7) is 1.84. The van der Waals surface area contributed by atoms with Crippen LogP contribution in [0, 0.1) is 0 Å². The standard InChI is InChI=1S/C12H12N4/c1-2-5-11-10(4-1)13-8-9-16(11)12-6-3-7-14-15-12/h1-7,13H,8-9H2. The van der Waals surface area contributed by atoms with Crippen LogP contribution in [0.1, 0.15) is 0 Å². The van der Waals surface area contributed by atoms with Gasteiger partial charge >= 0.3 is 0 Å². The van der Waals surface area contributed by atoms with E-state index in [0.717, 1.165) is 30.3 Å². The van der Waals surface area contributed by atoms with Crippen molar-refractivity contribution in [2.45, 2.75) is 0 Å². The lowest BCUT2D eigenvalue weighted by molar-refractivity contribution is 0.881. The third kappa shape index (κ3) is 1.48. The molecule has 4 heteroatoms. The minimum absolute atomic E-state index is 0.899. The van der Waals surface area contributed by atoms with Crippen molar-refractivity contribution in [3.05, 3.63) is 42.6 Å². The van der Waals surface area contributed by atoms with Crippen molar-refractivity contribution in [1.82, 2.24) is 10.2 Å². The minimum Gasteiger partial charge on any atom is -0.382 e. The number of hydrogen-bond donors (Lipinski definition) is 1. The van der Waals surface area contributed by atoms with E-state index in [9.17, 15) is 0 Å². The zero-order chi connectivity index (χ0) is 10.8. The molecule has 0 fully saturated rings. The molecule has 0 aliphatic carbocycles. The lowest BCUT2D eigenvalue weighted by atomic mass is 10.2. The Balaban J connectivity index is 2.05. The second kappa shape index (κ2) is 3.81. The average molecular weight is 212 g/mol. The molecule has 0 radical (unpaired) electrons. The van der Waals surface area contributed by atoms with Crippen molar-refractivity contribution in [2.24, 2.45) is 0 Å². The first-order valence-electron chi connectivity index (χ1n) is 5.33. The van der Waals surface area contributed by atoms with Gasteiger partial charge in [0.15, 0.2) is 5.82 Å². The molecule has 0 spiro atoms. The number of fused-ring (bicyclic) bond motifs is 1. The fraction of sp³-hybridized carbons (Fsp3) is 0.167. The molecule has 0 unspecified atom stereocenters. The van der Waals surface area contributed by atoms with Crippen molar-refractivity contribution in [2.75, 3.05) is 23.3 Å². The number of hydrogen-bond acceptors (Lipinski definition) is 4. The Morgan fingerprint density at radius 3 is 2.94 bits per heavy atom. The molecule has 1 aliphatic rings. The van der Waals surface area contributed by atoms with Gasteiger partial charge in [0, 0.05) is 19.3 Å². The summed E-state index contributed by atoms with van der Waals surface area (Å²) in [5, 5.41) is 11.4. The highest BCUT2D eigenvalue weighted by Gasteiger charge is 2.17. The molecule has 0 amide bonds. The molecule has 1 aliphatic heterocycles. The summed E-state index contributed by atoms with van der Waals surface area (Å²) in [5.74, 6) is 0.899. The Morgan fingerprint density at radius 2 is 2.06 bits per heavy atom. The third-order valence-corrected chi connectivity index (χ3v) is 2.68. The number of nitrogens with zero attached hydrogens (tertiary/aromatic N) is 3. The van der Waals surface area contributed by atoms with Crippen LogP contribution in [0.15, 0.2) is 42.6 Å². The van der Waals surface area contributed by atoms with Crippen LogP contribution >= 0.6 is 0 Å². The lowest BCUT2D eigenvalue weighted by Crippen LogP contribution is -2.30. The van der Waals surface area contributed by atoms with E-state index in [-0.39, 0.29) is 0 Å². The normalized spacial score (nSPS) is 14.1. The first kappa shape index (κ1) is 9.15. The van der Waals surface area contributed by atoms with Crippen LogP contribution in [0.5, 0.6) is 0 Å². The predicted molar refractivity (Wildman–Crippen MR) is 64.0 cm³/mol. The molecular weight excluding hydrogens is 200 g/mol. The fourth-order valence-electron chi connectivity index (χ4n) is 1.96. The van der Waals surface area contributed by atoms with Crippen LogP contribution in [0.3, 0.4) is 0 Å². The Bertz CT molecular complexity index is 483. The Morgan fingerprint density at radius 1 is 1.12 bits per heavy atom. The zero-order valence-electron chi connectivity index (χ0n) is 8.80. The second-order valence-corrected chi connectivity index (χ2v) is 3.68. The van der Waals surface area contributed by atoms with E-state index in [0.29, 0.717) is 0 Å². The largest absolute Gasteiger partial charge is 0.382 e. The highest BCUT2D eigenvalue weighted by molar-refractivity contribution is 5.76. The van der Waals surface area contributed by atoms with Gasteiger partial charge in [-0.3, -0.25) is 0 Å². The van der Waals surface area contributed by atoms with Gasteiger partial charge in [-0.15, -0.1) is 5.10 Å². The first-order valence-corrected chi connectivity index (χ1v) is 5.33. The smallest absolute Gasteiger partial charge is 0.155 e. The fourth-order valence-corrected chi connectivity index (χ4v) is 1.96. The number of benzene rings is 1. The van der Waals surface area contributed by atoms with Gasteiger partial charge in [0.25, 0.3) is 0 Å².